The fraction of sp³-hybridized carbons (Fsp3) is 0.130. The Kier molecular flexibility index (Phi) is 6.07. The van der Waals surface area contributed by atoms with Crippen molar-refractivity contribution in [1.29, 1.82) is 0 Å². The van der Waals surface area contributed by atoms with Gasteiger partial charge in [0.25, 0.3) is 0 Å². The summed E-state index contributed by atoms with van der Waals surface area (Å²) in [5, 5.41) is 0. The van der Waals surface area contributed by atoms with Gasteiger partial charge in [0.15, 0.2) is 11.9 Å². The first-order chi connectivity index (χ1) is 13.6. The van der Waals surface area contributed by atoms with Gasteiger partial charge in [-0.15, -0.1) is 0 Å². The zero-order chi connectivity index (χ0) is 19.9. The second-order valence-electron chi connectivity index (χ2n) is 6.08. The van der Waals surface area contributed by atoms with Crippen LogP contribution in [0.1, 0.15) is 22.8 Å². The molecule has 1 unspecified atom stereocenters. The standard InChI is InChI=1S/C23H20O5/c1-16(27-20-14-12-19(26-2)13-15-20)23(25)28-21-10-8-18(9-11-21)22(24)17-6-4-3-5-7-17/h3-16H,1-2H3. The molecular formula is C23H20O5. The Hall–Kier alpha value is -3.60. The van der Waals surface area contributed by atoms with Gasteiger partial charge < -0.3 is 14.2 Å². The van der Waals surface area contributed by atoms with Gasteiger partial charge in [0.1, 0.15) is 17.2 Å². The van der Waals surface area contributed by atoms with Crippen LogP contribution in [0.2, 0.25) is 0 Å². The monoisotopic (exact) mass is 376 g/mol. The molecule has 0 spiro atoms. The highest BCUT2D eigenvalue weighted by molar-refractivity contribution is 6.09. The van der Waals surface area contributed by atoms with Gasteiger partial charge in [-0.1, -0.05) is 30.3 Å². The van der Waals surface area contributed by atoms with E-state index >= 15 is 0 Å². The van der Waals surface area contributed by atoms with Crippen molar-refractivity contribution >= 4 is 11.8 Å². The fourth-order valence-electron chi connectivity index (χ4n) is 2.54. The number of rotatable bonds is 7. The van der Waals surface area contributed by atoms with Crippen molar-refractivity contribution in [2.45, 2.75) is 13.0 Å². The van der Waals surface area contributed by atoms with Crippen molar-refractivity contribution in [1.82, 2.24) is 0 Å². The predicted molar refractivity (Wildman–Crippen MR) is 105 cm³/mol. The maximum absolute atomic E-state index is 12.4. The van der Waals surface area contributed by atoms with Crippen LogP contribution in [0.25, 0.3) is 0 Å². The van der Waals surface area contributed by atoms with E-state index in [1.807, 2.05) is 18.2 Å². The zero-order valence-electron chi connectivity index (χ0n) is 15.6. The Balaban J connectivity index is 1.59. The largest absolute Gasteiger partial charge is 0.497 e. The zero-order valence-corrected chi connectivity index (χ0v) is 15.6. The minimum atomic E-state index is -0.793. The van der Waals surface area contributed by atoms with Crippen LogP contribution in [-0.4, -0.2) is 25.0 Å². The van der Waals surface area contributed by atoms with E-state index in [4.69, 9.17) is 14.2 Å². The number of esters is 1. The molecule has 0 aromatic heterocycles. The van der Waals surface area contributed by atoms with Gasteiger partial charge in [-0.2, -0.15) is 0 Å². The summed E-state index contributed by atoms with van der Waals surface area (Å²) in [7, 11) is 1.58. The topological polar surface area (TPSA) is 61.8 Å². The number of carbonyl (C=O) groups is 2. The Morgan fingerprint density at radius 1 is 0.714 bits per heavy atom. The first-order valence-electron chi connectivity index (χ1n) is 8.79. The van der Waals surface area contributed by atoms with Gasteiger partial charge in [-0.05, 0) is 55.5 Å². The molecule has 0 heterocycles. The summed E-state index contributed by atoms with van der Waals surface area (Å²) >= 11 is 0. The average Bonchev–Trinajstić information content (AvgIpc) is 2.75. The predicted octanol–water partition coefficient (Wildman–Crippen LogP) is 4.30. The lowest BCUT2D eigenvalue weighted by molar-refractivity contribution is -0.141. The van der Waals surface area contributed by atoms with Crippen molar-refractivity contribution in [2.24, 2.45) is 0 Å². The second-order valence-corrected chi connectivity index (χ2v) is 6.08. The van der Waals surface area contributed by atoms with E-state index in [9.17, 15) is 9.59 Å². The molecular weight excluding hydrogens is 356 g/mol. The van der Waals surface area contributed by atoms with Crippen molar-refractivity contribution < 1.29 is 23.8 Å². The maximum Gasteiger partial charge on any atom is 0.352 e. The first kappa shape index (κ1) is 19.2. The molecule has 0 N–H and O–H groups in total. The third-order valence-corrected chi connectivity index (χ3v) is 4.08. The van der Waals surface area contributed by atoms with Gasteiger partial charge in [0.05, 0.1) is 7.11 Å². The highest BCUT2D eigenvalue weighted by Gasteiger charge is 2.18. The number of ether oxygens (including phenoxy) is 3. The van der Waals surface area contributed by atoms with E-state index in [1.54, 1.807) is 74.7 Å². The van der Waals surface area contributed by atoms with Crippen molar-refractivity contribution in [3.63, 3.8) is 0 Å². The van der Waals surface area contributed by atoms with Crippen LogP contribution in [0.4, 0.5) is 0 Å². The van der Waals surface area contributed by atoms with Crippen molar-refractivity contribution in [3.8, 4) is 17.2 Å². The second kappa shape index (κ2) is 8.86. The Morgan fingerprint density at radius 3 is 1.86 bits per heavy atom. The lowest BCUT2D eigenvalue weighted by atomic mass is 10.0. The number of benzene rings is 3. The van der Waals surface area contributed by atoms with Crippen LogP contribution in [-0.2, 0) is 4.79 Å². The Bertz CT molecular complexity index is 931. The van der Waals surface area contributed by atoms with E-state index in [1.165, 1.54) is 0 Å². The molecule has 28 heavy (non-hydrogen) atoms. The number of hydrogen-bond acceptors (Lipinski definition) is 5. The number of ketones is 1. The molecule has 142 valence electrons. The molecule has 0 aliphatic rings. The molecule has 0 aliphatic heterocycles. The molecule has 0 amide bonds. The van der Waals surface area contributed by atoms with Crippen LogP contribution < -0.4 is 14.2 Å². The van der Waals surface area contributed by atoms with Crippen LogP contribution in [0.3, 0.4) is 0 Å². The average molecular weight is 376 g/mol. The van der Waals surface area contributed by atoms with Crippen LogP contribution in [0, 0.1) is 0 Å². The first-order valence-corrected chi connectivity index (χ1v) is 8.79. The highest BCUT2D eigenvalue weighted by Crippen LogP contribution is 2.20. The smallest absolute Gasteiger partial charge is 0.352 e. The van der Waals surface area contributed by atoms with E-state index < -0.39 is 12.1 Å². The van der Waals surface area contributed by atoms with Crippen LogP contribution in [0.15, 0.2) is 78.9 Å². The Labute approximate surface area is 163 Å². The number of hydrogen-bond donors (Lipinski definition) is 0. The van der Waals surface area contributed by atoms with Gasteiger partial charge in [0.2, 0.25) is 0 Å². The SMILES string of the molecule is COc1ccc(OC(C)C(=O)Oc2ccc(C(=O)c3ccccc3)cc2)cc1. The summed E-state index contributed by atoms with van der Waals surface area (Å²) in [5.41, 5.74) is 1.13. The molecule has 3 aromatic rings. The summed E-state index contributed by atoms with van der Waals surface area (Å²) < 4.78 is 16.0. The molecule has 0 aliphatic carbocycles. The molecule has 5 nitrogen and oxygen atoms in total. The van der Waals surface area contributed by atoms with Gasteiger partial charge in [-0.25, -0.2) is 4.79 Å². The molecule has 3 aromatic carbocycles. The van der Waals surface area contributed by atoms with E-state index in [0.717, 1.165) is 0 Å². The molecule has 3 rings (SSSR count). The fourth-order valence-corrected chi connectivity index (χ4v) is 2.54. The summed E-state index contributed by atoms with van der Waals surface area (Å²) in [6, 6.07) is 22.4. The lowest BCUT2D eigenvalue weighted by Gasteiger charge is -2.14. The number of methoxy groups -OCH3 is 1. The third kappa shape index (κ3) is 4.76. The minimum Gasteiger partial charge on any atom is -0.497 e. The maximum atomic E-state index is 12.4. The van der Waals surface area contributed by atoms with E-state index in [2.05, 4.69) is 0 Å². The lowest BCUT2D eigenvalue weighted by Crippen LogP contribution is -2.28. The Morgan fingerprint density at radius 2 is 1.25 bits per heavy atom. The molecule has 0 radical (unpaired) electrons. The van der Waals surface area contributed by atoms with E-state index in [0.29, 0.717) is 28.4 Å². The van der Waals surface area contributed by atoms with Gasteiger partial charge in [0, 0.05) is 11.1 Å². The van der Waals surface area contributed by atoms with Gasteiger partial charge >= 0.3 is 5.97 Å². The summed E-state index contributed by atoms with van der Waals surface area (Å²) in [6.45, 7) is 1.61. The molecule has 0 fully saturated rings. The quantitative estimate of drug-likeness (QED) is 0.350. The number of carbonyl (C=O) groups excluding carboxylic acids is 2. The normalized spacial score (nSPS) is 11.4. The summed E-state index contributed by atoms with van der Waals surface area (Å²) in [5.74, 6) is 0.967. The highest BCUT2D eigenvalue weighted by atomic mass is 16.6. The minimum absolute atomic E-state index is 0.0883. The summed E-state index contributed by atoms with van der Waals surface area (Å²) in [6.07, 6.45) is -0.793. The summed E-state index contributed by atoms with van der Waals surface area (Å²) in [4.78, 5) is 24.6. The molecule has 0 saturated heterocycles. The van der Waals surface area contributed by atoms with Crippen LogP contribution in [0.5, 0.6) is 17.2 Å². The van der Waals surface area contributed by atoms with Crippen molar-refractivity contribution in [3.05, 3.63) is 90.0 Å². The molecule has 5 heteroatoms. The molecule has 1 atom stereocenters. The molecule has 0 saturated carbocycles. The van der Waals surface area contributed by atoms with E-state index in [-0.39, 0.29) is 5.78 Å². The van der Waals surface area contributed by atoms with Gasteiger partial charge in [-0.3, -0.25) is 4.79 Å². The molecule has 0 bridgehead atoms. The van der Waals surface area contributed by atoms with Crippen LogP contribution >= 0.6 is 0 Å². The van der Waals surface area contributed by atoms with Crippen molar-refractivity contribution in [2.75, 3.05) is 7.11 Å². The third-order valence-electron chi connectivity index (χ3n) is 4.08.